The zero-order valence-corrected chi connectivity index (χ0v) is 12.3. The standard InChI is InChI=1S/C11H15BrFNO2S/c1-11(2,3)17(15,16)14-7-8-6-9(12)4-5-10(8)13/h4-6,14H,7H2,1-3H3. The molecule has 1 N–H and O–H groups in total. The molecule has 0 saturated heterocycles. The van der Waals surface area contributed by atoms with Crippen molar-refractivity contribution in [1.82, 2.24) is 4.72 Å². The first-order valence-electron chi connectivity index (χ1n) is 5.06. The molecule has 0 heterocycles. The van der Waals surface area contributed by atoms with Gasteiger partial charge in [-0.2, -0.15) is 0 Å². The quantitative estimate of drug-likeness (QED) is 0.929. The molecule has 0 bridgehead atoms. The van der Waals surface area contributed by atoms with Gasteiger partial charge in [-0.25, -0.2) is 17.5 Å². The van der Waals surface area contributed by atoms with Gasteiger partial charge < -0.3 is 0 Å². The maximum atomic E-state index is 13.4. The van der Waals surface area contributed by atoms with Gasteiger partial charge in [0.2, 0.25) is 10.0 Å². The molecule has 6 heteroatoms. The van der Waals surface area contributed by atoms with Crippen molar-refractivity contribution in [3.8, 4) is 0 Å². The molecular weight excluding hydrogens is 309 g/mol. The van der Waals surface area contributed by atoms with Crippen LogP contribution in [0.2, 0.25) is 0 Å². The predicted octanol–water partition coefficient (Wildman–Crippen LogP) is 2.81. The minimum absolute atomic E-state index is 0.0507. The zero-order valence-electron chi connectivity index (χ0n) is 9.92. The molecule has 0 aliphatic rings. The van der Waals surface area contributed by atoms with Crippen molar-refractivity contribution in [3.05, 3.63) is 34.1 Å². The third-order valence-corrected chi connectivity index (χ3v) is 4.90. The fourth-order valence-corrected chi connectivity index (χ4v) is 2.26. The monoisotopic (exact) mass is 323 g/mol. The Morgan fingerprint density at radius 2 is 1.94 bits per heavy atom. The van der Waals surface area contributed by atoms with Crippen LogP contribution in [0.15, 0.2) is 22.7 Å². The number of nitrogens with one attached hydrogen (secondary N) is 1. The largest absolute Gasteiger partial charge is 0.216 e. The van der Waals surface area contributed by atoms with Gasteiger partial charge >= 0.3 is 0 Å². The highest BCUT2D eigenvalue weighted by Crippen LogP contribution is 2.17. The van der Waals surface area contributed by atoms with Crippen LogP contribution in [-0.4, -0.2) is 13.2 Å². The van der Waals surface area contributed by atoms with E-state index in [9.17, 15) is 12.8 Å². The molecule has 0 unspecified atom stereocenters. The molecule has 0 atom stereocenters. The third kappa shape index (κ3) is 3.76. The van der Waals surface area contributed by atoms with E-state index in [1.807, 2.05) is 0 Å². The summed E-state index contributed by atoms with van der Waals surface area (Å²) in [6, 6.07) is 4.42. The number of sulfonamides is 1. The van der Waals surface area contributed by atoms with Crippen LogP contribution < -0.4 is 4.72 Å². The molecule has 0 radical (unpaired) electrons. The third-order valence-electron chi connectivity index (χ3n) is 2.27. The highest BCUT2D eigenvalue weighted by Gasteiger charge is 2.28. The fraction of sp³-hybridized carbons (Fsp3) is 0.455. The second-order valence-electron chi connectivity index (χ2n) is 4.67. The van der Waals surface area contributed by atoms with Crippen LogP contribution in [0.4, 0.5) is 4.39 Å². The lowest BCUT2D eigenvalue weighted by molar-refractivity contribution is 0.541. The maximum Gasteiger partial charge on any atom is 0.216 e. The van der Waals surface area contributed by atoms with E-state index in [-0.39, 0.29) is 6.54 Å². The van der Waals surface area contributed by atoms with E-state index < -0.39 is 20.6 Å². The van der Waals surface area contributed by atoms with E-state index in [0.717, 1.165) is 0 Å². The number of hydrogen-bond acceptors (Lipinski definition) is 2. The normalized spacial score (nSPS) is 12.8. The Bertz CT molecular complexity index is 509. The van der Waals surface area contributed by atoms with Crippen LogP contribution in [0.5, 0.6) is 0 Å². The van der Waals surface area contributed by atoms with Crippen molar-refractivity contribution in [2.45, 2.75) is 32.1 Å². The molecule has 0 spiro atoms. The van der Waals surface area contributed by atoms with E-state index in [1.165, 1.54) is 6.07 Å². The number of halogens is 2. The first-order chi connectivity index (χ1) is 7.63. The van der Waals surface area contributed by atoms with E-state index >= 15 is 0 Å². The highest BCUT2D eigenvalue weighted by molar-refractivity contribution is 9.10. The number of hydrogen-bond donors (Lipinski definition) is 1. The van der Waals surface area contributed by atoms with Crippen molar-refractivity contribution < 1.29 is 12.8 Å². The minimum atomic E-state index is -3.46. The lowest BCUT2D eigenvalue weighted by Gasteiger charge is -2.19. The molecule has 0 amide bonds. The Hall–Kier alpha value is -0.460. The van der Waals surface area contributed by atoms with Crippen LogP contribution in [-0.2, 0) is 16.6 Å². The van der Waals surface area contributed by atoms with E-state index in [4.69, 9.17) is 0 Å². The Labute approximate surface area is 110 Å². The van der Waals surface area contributed by atoms with Gasteiger partial charge in [-0.1, -0.05) is 15.9 Å². The van der Waals surface area contributed by atoms with Crippen LogP contribution in [0.1, 0.15) is 26.3 Å². The lowest BCUT2D eigenvalue weighted by Crippen LogP contribution is -2.39. The van der Waals surface area contributed by atoms with Crippen molar-refractivity contribution in [2.24, 2.45) is 0 Å². The molecule has 0 aliphatic carbocycles. The SMILES string of the molecule is CC(C)(C)S(=O)(=O)NCc1cc(Br)ccc1F. The topological polar surface area (TPSA) is 46.2 Å². The van der Waals surface area contributed by atoms with Crippen molar-refractivity contribution >= 4 is 26.0 Å². The van der Waals surface area contributed by atoms with Gasteiger partial charge in [0.25, 0.3) is 0 Å². The number of benzene rings is 1. The summed E-state index contributed by atoms with van der Waals surface area (Å²) in [6.45, 7) is 4.72. The zero-order chi connectivity index (χ0) is 13.3. The van der Waals surface area contributed by atoms with Crippen LogP contribution >= 0.6 is 15.9 Å². The molecule has 0 saturated carbocycles. The summed E-state index contributed by atoms with van der Waals surface area (Å²) in [5.74, 6) is -0.426. The molecule has 1 rings (SSSR count). The predicted molar refractivity (Wildman–Crippen MR) is 69.6 cm³/mol. The Morgan fingerprint density at radius 1 is 1.35 bits per heavy atom. The van der Waals surface area contributed by atoms with E-state index in [1.54, 1.807) is 32.9 Å². The average molecular weight is 324 g/mol. The molecule has 0 aromatic heterocycles. The molecule has 17 heavy (non-hydrogen) atoms. The highest BCUT2D eigenvalue weighted by atomic mass is 79.9. The second kappa shape index (κ2) is 5.04. The summed E-state index contributed by atoms with van der Waals surface area (Å²) in [5, 5.41) is 0. The van der Waals surface area contributed by atoms with Crippen molar-refractivity contribution in [3.63, 3.8) is 0 Å². The van der Waals surface area contributed by atoms with Gasteiger partial charge in [0.05, 0.1) is 4.75 Å². The van der Waals surface area contributed by atoms with Crippen molar-refractivity contribution in [2.75, 3.05) is 0 Å². The van der Waals surface area contributed by atoms with E-state index in [2.05, 4.69) is 20.7 Å². The molecule has 0 fully saturated rings. The first kappa shape index (κ1) is 14.6. The maximum absolute atomic E-state index is 13.4. The Morgan fingerprint density at radius 3 is 2.47 bits per heavy atom. The van der Waals surface area contributed by atoms with Crippen LogP contribution in [0.25, 0.3) is 0 Å². The fourth-order valence-electron chi connectivity index (χ4n) is 1.07. The van der Waals surface area contributed by atoms with Gasteiger partial charge in [-0.05, 0) is 39.0 Å². The van der Waals surface area contributed by atoms with E-state index in [0.29, 0.717) is 10.0 Å². The van der Waals surface area contributed by atoms with Crippen molar-refractivity contribution in [1.29, 1.82) is 0 Å². The summed E-state index contributed by atoms with van der Waals surface area (Å²) in [5.41, 5.74) is 0.312. The Balaban J connectivity index is 2.85. The summed E-state index contributed by atoms with van der Waals surface area (Å²) in [7, 11) is -3.46. The van der Waals surface area contributed by atoms with Crippen LogP contribution in [0.3, 0.4) is 0 Å². The molecule has 96 valence electrons. The first-order valence-corrected chi connectivity index (χ1v) is 7.34. The summed E-state index contributed by atoms with van der Waals surface area (Å²) in [6.07, 6.45) is 0. The second-order valence-corrected chi connectivity index (χ2v) is 8.11. The van der Waals surface area contributed by atoms with Gasteiger partial charge in [0.15, 0.2) is 0 Å². The minimum Gasteiger partial charge on any atom is -0.212 e. The Kier molecular flexibility index (Phi) is 4.33. The van der Waals surface area contributed by atoms with Crippen LogP contribution in [0, 0.1) is 5.82 Å². The van der Waals surface area contributed by atoms with Gasteiger partial charge in [-0.3, -0.25) is 0 Å². The average Bonchev–Trinajstić information content (AvgIpc) is 2.18. The van der Waals surface area contributed by atoms with Gasteiger partial charge in [-0.15, -0.1) is 0 Å². The number of rotatable bonds is 3. The molecule has 0 aliphatic heterocycles. The summed E-state index contributed by atoms with van der Waals surface area (Å²) >= 11 is 3.21. The molecular formula is C11H15BrFNO2S. The lowest BCUT2D eigenvalue weighted by atomic mass is 10.2. The van der Waals surface area contributed by atoms with Gasteiger partial charge in [0.1, 0.15) is 5.82 Å². The molecule has 1 aromatic rings. The smallest absolute Gasteiger partial charge is 0.212 e. The molecule has 1 aromatic carbocycles. The molecule has 3 nitrogen and oxygen atoms in total. The van der Waals surface area contributed by atoms with Gasteiger partial charge in [0, 0.05) is 16.6 Å². The summed E-state index contributed by atoms with van der Waals surface area (Å²) < 4.78 is 39.1. The summed E-state index contributed by atoms with van der Waals surface area (Å²) in [4.78, 5) is 0.